The van der Waals surface area contributed by atoms with Crippen LogP contribution in [0.2, 0.25) is 0 Å². The standard InChI is InChI=1S/C12H22N2O.ClH/c1-9-6-8-14(10(9)2)12(15)11-5-3-4-7-13-11;/h9-11,13H,3-8H2,1-2H3;1H. The molecule has 1 N–H and O–H groups in total. The zero-order valence-electron chi connectivity index (χ0n) is 10.2. The summed E-state index contributed by atoms with van der Waals surface area (Å²) in [5.41, 5.74) is 0. The zero-order valence-corrected chi connectivity index (χ0v) is 11.1. The van der Waals surface area contributed by atoms with Crippen molar-refractivity contribution in [2.45, 2.75) is 51.6 Å². The number of carbonyl (C=O) groups excluding carboxylic acids is 1. The number of likely N-dealkylation sites (tertiary alicyclic amines) is 1. The Labute approximate surface area is 104 Å². The predicted octanol–water partition coefficient (Wildman–Crippen LogP) is 1.81. The largest absolute Gasteiger partial charge is 0.338 e. The highest BCUT2D eigenvalue weighted by Crippen LogP contribution is 2.25. The normalized spacial score (nSPS) is 34.6. The summed E-state index contributed by atoms with van der Waals surface area (Å²) in [7, 11) is 0. The maximum absolute atomic E-state index is 12.2. The smallest absolute Gasteiger partial charge is 0.239 e. The molecule has 0 aromatic rings. The van der Waals surface area contributed by atoms with E-state index in [2.05, 4.69) is 24.1 Å². The molecule has 0 aromatic heterocycles. The van der Waals surface area contributed by atoms with E-state index in [9.17, 15) is 4.79 Å². The number of rotatable bonds is 1. The average molecular weight is 247 g/mol. The van der Waals surface area contributed by atoms with E-state index in [1.807, 2.05) is 0 Å². The molecule has 2 aliphatic heterocycles. The van der Waals surface area contributed by atoms with E-state index in [1.165, 1.54) is 19.3 Å². The molecule has 3 nitrogen and oxygen atoms in total. The van der Waals surface area contributed by atoms with E-state index in [0.717, 1.165) is 19.5 Å². The fourth-order valence-corrected chi connectivity index (χ4v) is 2.67. The van der Waals surface area contributed by atoms with Crippen LogP contribution in [0, 0.1) is 5.92 Å². The molecule has 0 bridgehead atoms. The molecule has 1 amide bonds. The van der Waals surface area contributed by atoms with Gasteiger partial charge >= 0.3 is 0 Å². The van der Waals surface area contributed by atoms with Crippen LogP contribution in [0.25, 0.3) is 0 Å². The molecule has 2 saturated heterocycles. The first-order chi connectivity index (χ1) is 7.20. The lowest BCUT2D eigenvalue weighted by Gasteiger charge is -2.30. The SMILES string of the molecule is CC1CCN(C(=O)C2CCCCN2)C1C.Cl. The van der Waals surface area contributed by atoms with Crippen molar-refractivity contribution in [2.75, 3.05) is 13.1 Å². The van der Waals surface area contributed by atoms with Crippen molar-refractivity contribution in [2.24, 2.45) is 5.92 Å². The molecule has 2 rings (SSSR count). The molecule has 2 heterocycles. The maximum Gasteiger partial charge on any atom is 0.239 e. The van der Waals surface area contributed by atoms with Crippen LogP contribution < -0.4 is 5.32 Å². The summed E-state index contributed by atoms with van der Waals surface area (Å²) >= 11 is 0. The van der Waals surface area contributed by atoms with Gasteiger partial charge in [0.15, 0.2) is 0 Å². The van der Waals surface area contributed by atoms with Gasteiger partial charge in [-0.25, -0.2) is 0 Å². The average Bonchev–Trinajstić information content (AvgIpc) is 2.60. The molecular formula is C12H23ClN2O. The Morgan fingerprint density at radius 2 is 2.00 bits per heavy atom. The first-order valence-corrected chi connectivity index (χ1v) is 6.24. The van der Waals surface area contributed by atoms with Gasteiger partial charge in [-0.3, -0.25) is 4.79 Å². The Morgan fingerprint density at radius 1 is 1.25 bits per heavy atom. The molecule has 2 aliphatic rings. The molecule has 3 atom stereocenters. The number of amides is 1. The number of hydrogen-bond acceptors (Lipinski definition) is 2. The Bertz CT molecular complexity index is 241. The molecule has 16 heavy (non-hydrogen) atoms. The van der Waals surface area contributed by atoms with Gasteiger partial charge in [-0.1, -0.05) is 13.3 Å². The molecule has 2 fully saturated rings. The van der Waals surface area contributed by atoms with Gasteiger partial charge in [0, 0.05) is 12.6 Å². The van der Waals surface area contributed by atoms with E-state index in [4.69, 9.17) is 0 Å². The van der Waals surface area contributed by atoms with Gasteiger partial charge in [0.2, 0.25) is 5.91 Å². The first kappa shape index (κ1) is 13.8. The monoisotopic (exact) mass is 246 g/mol. The third-order valence-electron chi connectivity index (χ3n) is 4.03. The van der Waals surface area contributed by atoms with Crippen molar-refractivity contribution in [1.82, 2.24) is 10.2 Å². The maximum atomic E-state index is 12.2. The molecule has 0 spiro atoms. The Morgan fingerprint density at radius 3 is 2.50 bits per heavy atom. The van der Waals surface area contributed by atoms with Crippen molar-refractivity contribution in [1.29, 1.82) is 0 Å². The Balaban J connectivity index is 0.00000128. The summed E-state index contributed by atoms with van der Waals surface area (Å²) < 4.78 is 0. The van der Waals surface area contributed by atoms with Gasteiger partial charge in [0.1, 0.15) is 0 Å². The molecule has 0 aromatic carbocycles. The predicted molar refractivity (Wildman–Crippen MR) is 67.8 cm³/mol. The number of piperidine rings is 1. The number of hydrogen-bond donors (Lipinski definition) is 1. The van der Waals surface area contributed by atoms with Crippen LogP contribution in [0.1, 0.15) is 39.5 Å². The van der Waals surface area contributed by atoms with Gasteiger partial charge < -0.3 is 10.2 Å². The van der Waals surface area contributed by atoms with E-state index in [-0.39, 0.29) is 18.4 Å². The molecule has 94 valence electrons. The minimum atomic E-state index is 0. The third-order valence-corrected chi connectivity index (χ3v) is 4.03. The third kappa shape index (κ3) is 2.69. The minimum Gasteiger partial charge on any atom is -0.338 e. The highest BCUT2D eigenvalue weighted by Gasteiger charge is 2.34. The number of nitrogens with zero attached hydrogens (tertiary/aromatic N) is 1. The zero-order chi connectivity index (χ0) is 10.8. The second-order valence-corrected chi connectivity index (χ2v) is 5.04. The molecule has 0 radical (unpaired) electrons. The van der Waals surface area contributed by atoms with Gasteiger partial charge in [-0.05, 0) is 38.6 Å². The van der Waals surface area contributed by atoms with Crippen LogP contribution >= 0.6 is 12.4 Å². The Hall–Kier alpha value is -0.280. The highest BCUT2D eigenvalue weighted by molar-refractivity contribution is 5.85. The van der Waals surface area contributed by atoms with Crippen molar-refractivity contribution < 1.29 is 4.79 Å². The number of carbonyl (C=O) groups is 1. The van der Waals surface area contributed by atoms with Crippen molar-refractivity contribution in [3.8, 4) is 0 Å². The van der Waals surface area contributed by atoms with E-state index in [0.29, 0.717) is 17.9 Å². The molecule has 4 heteroatoms. The summed E-state index contributed by atoms with van der Waals surface area (Å²) in [6, 6.07) is 0.535. The molecule has 0 saturated carbocycles. The first-order valence-electron chi connectivity index (χ1n) is 6.24. The summed E-state index contributed by atoms with van der Waals surface area (Å²) in [5, 5.41) is 3.34. The second kappa shape index (κ2) is 5.87. The lowest BCUT2D eigenvalue weighted by atomic mass is 10.0. The highest BCUT2D eigenvalue weighted by atomic mass is 35.5. The number of nitrogens with one attached hydrogen (secondary N) is 1. The van der Waals surface area contributed by atoms with Gasteiger partial charge in [0.05, 0.1) is 6.04 Å². The van der Waals surface area contributed by atoms with E-state index in [1.54, 1.807) is 0 Å². The molecular weight excluding hydrogens is 224 g/mol. The van der Waals surface area contributed by atoms with Crippen LogP contribution in [0.4, 0.5) is 0 Å². The fourth-order valence-electron chi connectivity index (χ4n) is 2.67. The number of halogens is 1. The summed E-state index contributed by atoms with van der Waals surface area (Å²) in [5.74, 6) is 1.00. The van der Waals surface area contributed by atoms with E-state index < -0.39 is 0 Å². The summed E-state index contributed by atoms with van der Waals surface area (Å²) in [6.45, 7) is 6.39. The Kier molecular flexibility index (Phi) is 5.06. The van der Waals surface area contributed by atoms with Crippen molar-refractivity contribution in [3.63, 3.8) is 0 Å². The summed E-state index contributed by atoms with van der Waals surface area (Å²) in [6.07, 6.45) is 4.60. The van der Waals surface area contributed by atoms with Crippen LogP contribution in [0.5, 0.6) is 0 Å². The van der Waals surface area contributed by atoms with Crippen LogP contribution in [0.3, 0.4) is 0 Å². The van der Waals surface area contributed by atoms with E-state index >= 15 is 0 Å². The quantitative estimate of drug-likeness (QED) is 0.766. The topological polar surface area (TPSA) is 32.3 Å². The fraction of sp³-hybridized carbons (Fsp3) is 0.917. The van der Waals surface area contributed by atoms with Gasteiger partial charge in [-0.15, -0.1) is 12.4 Å². The van der Waals surface area contributed by atoms with Crippen molar-refractivity contribution >= 4 is 18.3 Å². The lowest BCUT2D eigenvalue weighted by molar-refractivity contribution is -0.134. The molecule has 0 aliphatic carbocycles. The van der Waals surface area contributed by atoms with Crippen LogP contribution in [-0.4, -0.2) is 36.0 Å². The van der Waals surface area contributed by atoms with Crippen LogP contribution in [0.15, 0.2) is 0 Å². The molecule has 3 unspecified atom stereocenters. The summed E-state index contributed by atoms with van der Waals surface area (Å²) in [4.78, 5) is 14.3. The van der Waals surface area contributed by atoms with Gasteiger partial charge in [0.25, 0.3) is 0 Å². The lowest BCUT2D eigenvalue weighted by Crippen LogP contribution is -2.49. The van der Waals surface area contributed by atoms with Crippen molar-refractivity contribution in [3.05, 3.63) is 0 Å². The van der Waals surface area contributed by atoms with Gasteiger partial charge in [-0.2, -0.15) is 0 Å². The second-order valence-electron chi connectivity index (χ2n) is 5.04. The van der Waals surface area contributed by atoms with Crippen LogP contribution in [-0.2, 0) is 4.79 Å². The minimum absolute atomic E-state index is 0.